The molecule has 31 heavy (non-hydrogen) atoms. The SMILES string of the molecule is COc1ccc(NC(=O)COc2ccccc2C(=O)N[C@H](C)c2ccccn2)cc1Cl. The number of anilines is 1. The van der Waals surface area contributed by atoms with E-state index in [0.717, 1.165) is 5.69 Å². The number of halogens is 1. The van der Waals surface area contributed by atoms with Crippen LogP contribution >= 0.6 is 11.6 Å². The van der Waals surface area contributed by atoms with E-state index in [0.29, 0.717) is 27.8 Å². The summed E-state index contributed by atoms with van der Waals surface area (Å²) < 4.78 is 10.7. The fraction of sp³-hybridized carbons (Fsp3) is 0.174. The van der Waals surface area contributed by atoms with Crippen LogP contribution in [0.5, 0.6) is 11.5 Å². The molecular formula is C23H22ClN3O4. The summed E-state index contributed by atoms with van der Waals surface area (Å²) in [5, 5.41) is 5.96. The third-order valence-corrected chi connectivity index (χ3v) is 4.70. The molecule has 0 spiro atoms. The molecule has 0 bridgehead atoms. The lowest BCUT2D eigenvalue weighted by atomic mass is 10.1. The van der Waals surface area contributed by atoms with Gasteiger partial charge in [-0.05, 0) is 49.4 Å². The van der Waals surface area contributed by atoms with Crippen LogP contribution in [-0.2, 0) is 4.79 Å². The van der Waals surface area contributed by atoms with Crippen LogP contribution in [0.2, 0.25) is 5.02 Å². The third kappa shape index (κ3) is 5.96. The molecule has 1 aromatic heterocycles. The largest absolute Gasteiger partial charge is 0.495 e. The van der Waals surface area contributed by atoms with Gasteiger partial charge in [-0.3, -0.25) is 14.6 Å². The predicted octanol–water partition coefficient (Wildman–Crippen LogP) is 4.25. The van der Waals surface area contributed by atoms with Crippen molar-refractivity contribution in [1.82, 2.24) is 10.3 Å². The number of hydrogen-bond acceptors (Lipinski definition) is 5. The van der Waals surface area contributed by atoms with Crippen LogP contribution in [0, 0.1) is 0 Å². The lowest BCUT2D eigenvalue weighted by Crippen LogP contribution is -2.28. The summed E-state index contributed by atoms with van der Waals surface area (Å²) in [5.41, 5.74) is 1.58. The highest BCUT2D eigenvalue weighted by Gasteiger charge is 2.17. The summed E-state index contributed by atoms with van der Waals surface area (Å²) in [6, 6.07) is 16.9. The van der Waals surface area contributed by atoms with Crippen LogP contribution in [0.3, 0.4) is 0 Å². The molecule has 0 unspecified atom stereocenters. The quantitative estimate of drug-likeness (QED) is 0.547. The number of aromatic nitrogens is 1. The average molecular weight is 440 g/mol. The highest BCUT2D eigenvalue weighted by Crippen LogP contribution is 2.27. The maximum absolute atomic E-state index is 12.7. The van der Waals surface area contributed by atoms with Gasteiger partial charge in [0.2, 0.25) is 0 Å². The van der Waals surface area contributed by atoms with Crippen molar-refractivity contribution >= 4 is 29.1 Å². The molecule has 3 aromatic rings. The molecule has 0 aliphatic heterocycles. The summed E-state index contributed by atoms with van der Waals surface area (Å²) >= 11 is 6.07. The Morgan fingerprint density at radius 2 is 1.84 bits per heavy atom. The van der Waals surface area contributed by atoms with Gasteiger partial charge >= 0.3 is 0 Å². The van der Waals surface area contributed by atoms with E-state index < -0.39 is 5.91 Å². The Morgan fingerprint density at radius 1 is 1.06 bits per heavy atom. The van der Waals surface area contributed by atoms with Crippen molar-refractivity contribution in [2.24, 2.45) is 0 Å². The van der Waals surface area contributed by atoms with Crippen molar-refractivity contribution in [3.05, 3.63) is 83.1 Å². The van der Waals surface area contributed by atoms with Crippen molar-refractivity contribution in [1.29, 1.82) is 0 Å². The lowest BCUT2D eigenvalue weighted by molar-refractivity contribution is -0.118. The van der Waals surface area contributed by atoms with Crippen LogP contribution in [-0.4, -0.2) is 30.5 Å². The van der Waals surface area contributed by atoms with Gasteiger partial charge in [0.1, 0.15) is 11.5 Å². The van der Waals surface area contributed by atoms with Gasteiger partial charge in [0.25, 0.3) is 11.8 Å². The van der Waals surface area contributed by atoms with Gasteiger partial charge in [-0.25, -0.2) is 0 Å². The normalized spacial score (nSPS) is 11.3. The molecule has 2 amide bonds. The first-order chi connectivity index (χ1) is 15.0. The van der Waals surface area contributed by atoms with Crippen molar-refractivity contribution in [3.63, 3.8) is 0 Å². The number of nitrogens with one attached hydrogen (secondary N) is 2. The van der Waals surface area contributed by atoms with E-state index in [1.807, 2.05) is 25.1 Å². The number of rotatable bonds is 8. The topological polar surface area (TPSA) is 89.5 Å². The minimum atomic E-state index is -0.390. The molecule has 0 aliphatic rings. The number of nitrogens with zero attached hydrogens (tertiary/aromatic N) is 1. The number of benzene rings is 2. The molecule has 2 N–H and O–H groups in total. The van der Waals surface area contributed by atoms with E-state index >= 15 is 0 Å². The molecule has 3 rings (SSSR count). The second kappa shape index (κ2) is 10.4. The number of para-hydroxylation sites is 1. The van der Waals surface area contributed by atoms with Gasteiger partial charge in [-0.1, -0.05) is 29.8 Å². The minimum Gasteiger partial charge on any atom is -0.495 e. The van der Waals surface area contributed by atoms with Crippen LogP contribution in [0.15, 0.2) is 66.9 Å². The summed E-state index contributed by atoms with van der Waals surface area (Å²) in [6.07, 6.45) is 1.67. The molecule has 8 heteroatoms. The number of carbonyl (C=O) groups is 2. The molecular weight excluding hydrogens is 418 g/mol. The number of hydrogen-bond donors (Lipinski definition) is 2. The van der Waals surface area contributed by atoms with Crippen LogP contribution < -0.4 is 20.1 Å². The van der Waals surface area contributed by atoms with Gasteiger partial charge in [0.15, 0.2) is 6.61 Å². The number of pyridine rings is 1. The molecule has 1 heterocycles. The van der Waals surface area contributed by atoms with Crippen LogP contribution in [0.1, 0.15) is 29.0 Å². The average Bonchev–Trinajstić information content (AvgIpc) is 2.78. The Labute approximate surface area is 185 Å². The maximum Gasteiger partial charge on any atom is 0.262 e. The van der Waals surface area contributed by atoms with E-state index in [1.165, 1.54) is 7.11 Å². The Balaban J connectivity index is 1.61. The van der Waals surface area contributed by atoms with E-state index in [9.17, 15) is 9.59 Å². The number of carbonyl (C=O) groups excluding carboxylic acids is 2. The monoisotopic (exact) mass is 439 g/mol. The zero-order valence-electron chi connectivity index (χ0n) is 17.1. The third-order valence-electron chi connectivity index (χ3n) is 4.41. The van der Waals surface area contributed by atoms with Crippen molar-refractivity contribution < 1.29 is 19.1 Å². The van der Waals surface area contributed by atoms with E-state index in [2.05, 4.69) is 15.6 Å². The molecule has 0 saturated heterocycles. The van der Waals surface area contributed by atoms with Gasteiger partial charge in [-0.2, -0.15) is 0 Å². The van der Waals surface area contributed by atoms with Crippen molar-refractivity contribution in [3.8, 4) is 11.5 Å². The lowest BCUT2D eigenvalue weighted by Gasteiger charge is -2.15. The molecule has 1 atom stereocenters. The Bertz CT molecular complexity index is 1060. The number of amides is 2. The molecule has 2 aromatic carbocycles. The predicted molar refractivity (Wildman–Crippen MR) is 119 cm³/mol. The van der Waals surface area contributed by atoms with Crippen molar-refractivity contribution in [2.45, 2.75) is 13.0 Å². The molecule has 0 aliphatic carbocycles. The molecule has 0 fully saturated rings. The first-order valence-corrected chi connectivity index (χ1v) is 9.92. The minimum absolute atomic E-state index is 0.274. The van der Waals surface area contributed by atoms with Crippen LogP contribution in [0.4, 0.5) is 5.69 Å². The molecule has 160 valence electrons. The fourth-order valence-corrected chi connectivity index (χ4v) is 3.10. The maximum atomic E-state index is 12.7. The number of ether oxygens (including phenoxy) is 2. The summed E-state index contributed by atoms with van der Waals surface area (Å²) in [5.74, 6) is 0.0984. The highest BCUT2D eigenvalue weighted by atomic mass is 35.5. The Morgan fingerprint density at radius 3 is 2.55 bits per heavy atom. The Kier molecular flexibility index (Phi) is 7.45. The van der Waals surface area contributed by atoms with Gasteiger partial charge in [-0.15, -0.1) is 0 Å². The first-order valence-electron chi connectivity index (χ1n) is 9.55. The van der Waals surface area contributed by atoms with Gasteiger partial charge < -0.3 is 20.1 Å². The first kappa shape index (κ1) is 22.1. The summed E-state index contributed by atoms with van der Waals surface area (Å²) in [6.45, 7) is 1.57. The van der Waals surface area contributed by atoms with E-state index in [4.69, 9.17) is 21.1 Å². The zero-order valence-corrected chi connectivity index (χ0v) is 17.8. The summed E-state index contributed by atoms with van der Waals surface area (Å²) in [7, 11) is 1.51. The van der Waals surface area contributed by atoms with Gasteiger partial charge in [0.05, 0.1) is 29.4 Å². The second-order valence-corrected chi connectivity index (χ2v) is 7.04. The van der Waals surface area contributed by atoms with Crippen LogP contribution in [0.25, 0.3) is 0 Å². The smallest absolute Gasteiger partial charge is 0.262 e. The highest BCUT2D eigenvalue weighted by molar-refractivity contribution is 6.32. The van der Waals surface area contributed by atoms with E-state index in [-0.39, 0.29) is 18.6 Å². The van der Waals surface area contributed by atoms with Crippen molar-refractivity contribution in [2.75, 3.05) is 19.0 Å². The second-order valence-electron chi connectivity index (χ2n) is 6.63. The zero-order chi connectivity index (χ0) is 22.2. The Hall–Kier alpha value is -3.58. The molecule has 0 radical (unpaired) electrons. The molecule has 7 nitrogen and oxygen atoms in total. The van der Waals surface area contributed by atoms with Gasteiger partial charge in [0, 0.05) is 11.9 Å². The molecule has 0 saturated carbocycles. The summed E-state index contributed by atoms with van der Waals surface area (Å²) in [4.78, 5) is 29.3. The van der Waals surface area contributed by atoms with E-state index in [1.54, 1.807) is 48.7 Å². The fourth-order valence-electron chi connectivity index (χ4n) is 2.85. The standard InChI is InChI=1S/C23H22ClN3O4/c1-15(19-8-5-6-12-25-19)26-23(29)17-7-3-4-9-20(17)31-14-22(28)27-16-10-11-21(30-2)18(24)13-16/h3-13,15H,14H2,1-2H3,(H,26,29)(H,27,28)/t15-/m1/s1. The number of methoxy groups -OCH3 is 1.